The van der Waals surface area contributed by atoms with Gasteiger partial charge in [0.15, 0.2) is 12.6 Å². The summed E-state index contributed by atoms with van der Waals surface area (Å²) in [5.41, 5.74) is 0. The van der Waals surface area contributed by atoms with Crippen LogP contribution in [0.1, 0.15) is 6.92 Å². The van der Waals surface area contributed by atoms with Crippen LogP contribution in [0.15, 0.2) is 0 Å². The van der Waals surface area contributed by atoms with Crippen molar-refractivity contribution in [1.29, 1.82) is 0 Å². The quantitative estimate of drug-likeness (QED) is 0.196. The minimum atomic E-state index is -1.72. The molecule has 0 radical (unpaired) electrons. The Hall–Kier alpha value is -0.550. The van der Waals surface area contributed by atoms with Crippen LogP contribution in [0.3, 0.4) is 0 Å². The second-order valence-corrected chi connectivity index (χ2v) is 7.80. The number of ether oxygens (including phenoxy) is 4. The zero-order chi connectivity index (χ0) is 22.2. The van der Waals surface area contributed by atoms with E-state index in [2.05, 4.69) is 5.32 Å². The Labute approximate surface area is 171 Å². The van der Waals surface area contributed by atoms with E-state index < -0.39 is 92.9 Å². The van der Waals surface area contributed by atoms with Crippen molar-refractivity contribution in [3.63, 3.8) is 0 Å². The van der Waals surface area contributed by atoms with Crippen LogP contribution < -0.4 is 5.32 Å². The smallest absolute Gasteiger partial charge is 0.187 e. The maximum Gasteiger partial charge on any atom is 0.187 e. The molecule has 0 aliphatic carbocycles. The van der Waals surface area contributed by atoms with Crippen molar-refractivity contribution in [2.75, 3.05) is 19.8 Å². The molecule has 3 aliphatic heterocycles. The fraction of sp³-hybridized carbons (Fsp3) is 1.00. The van der Waals surface area contributed by atoms with Gasteiger partial charge in [-0.25, -0.2) is 4.39 Å². The largest absolute Gasteiger partial charge is 0.395 e. The summed E-state index contributed by atoms with van der Waals surface area (Å²) in [6.07, 6.45) is -17.3. The maximum atomic E-state index is 14.1. The lowest BCUT2D eigenvalue weighted by atomic mass is 9.97. The Kier molecular flexibility index (Phi) is 7.98. The minimum absolute atomic E-state index is 0.0697. The highest BCUT2D eigenvalue weighted by Gasteiger charge is 2.51. The van der Waals surface area contributed by atoms with Crippen molar-refractivity contribution >= 4 is 0 Å². The van der Waals surface area contributed by atoms with E-state index in [0.717, 1.165) is 0 Å². The van der Waals surface area contributed by atoms with E-state index in [1.807, 2.05) is 0 Å². The maximum absolute atomic E-state index is 14.1. The molecule has 3 aliphatic rings. The molecule has 8 N–H and O–H groups in total. The fourth-order valence-electron chi connectivity index (χ4n) is 3.87. The first-order valence-corrected chi connectivity index (χ1v) is 9.80. The summed E-state index contributed by atoms with van der Waals surface area (Å²) >= 11 is 0. The summed E-state index contributed by atoms with van der Waals surface area (Å²) in [5.74, 6) is 0. The van der Waals surface area contributed by atoms with Crippen molar-refractivity contribution in [2.24, 2.45) is 0 Å². The molecule has 30 heavy (non-hydrogen) atoms. The lowest BCUT2D eigenvalue weighted by Crippen LogP contribution is -2.64. The number of halogens is 1. The molecule has 13 atom stereocenters. The molecular formula is C17H30FNO11. The number of nitrogens with one attached hydrogen (secondary N) is 1. The molecular weight excluding hydrogens is 413 g/mol. The minimum Gasteiger partial charge on any atom is -0.395 e. The third-order valence-electron chi connectivity index (χ3n) is 5.74. The van der Waals surface area contributed by atoms with Crippen LogP contribution in [0.4, 0.5) is 4.39 Å². The summed E-state index contributed by atoms with van der Waals surface area (Å²) in [4.78, 5) is 0. The monoisotopic (exact) mass is 443 g/mol. The molecule has 0 spiro atoms. The van der Waals surface area contributed by atoms with Gasteiger partial charge in [0, 0.05) is 6.54 Å². The molecule has 0 amide bonds. The van der Waals surface area contributed by atoms with Crippen molar-refractivity contribution < 1.29 is 59.1 Å². The molecule has 3 rings (SSSR count). The van der Waals surface area contributed by atoms with Crippen molar-refractivity contribution in [3.8, 4) is 0 Å². The molecule has 0 aromatic rings. The molecule has 0 saturated carbocycles. The normalized spacial score (nSPS) is 52.5. The Balaban J connectivity index is 1.68. The van der Waals surface area contributed by atoms with Crippen LogP contribution in [0, 0.1) is 0 Å². The van der Waals surface area contributed by atoms with Gasteiger partial charge >= 0.3 is 0 Å². The van der Waals surface area contributed by atoms with E-state index in [1.165, 1.54) is 6.92 Å². The zero-order valence-electron chi connectivity index (χ0n) is 16.3. The average molecular weight is 443 g/mol. The molecule has 3 saturated heterocycles. The molecule has 0 aromatic carbocycles. The Morgan fingerprint density at radius 1 is 0.833 bits per heavy atom. The molecule has 0 unspecified atom stereocenters. The van der Waals surface area contributed by atoms with Gasteiger partial charge in [-0.1, -0.05) is 0 Å². The number of aliphatic hydroxyl groups is 7. The summed E-state index contributed by atoms with van der Waals surface area (Å²) in [6, 6.07) is -0.741. The van der Waals surface area contributed by atoms with Crippen LogP contribution in [-0.2, 0) is 18.9 Å². The SMILES string of the molecule is C[C@H]1O[C@@H](O[C@H]2[C@H](O)[C@@H](O)[C@@H](O[C@@H]3[C@H](CO)NC[C@@H]3F)O[C@@H]2CO)[C@H](O)[C@@H](O)[C@@H]1O. The van der Waals surface area contributed by atoms with Crippen LogP contribution in [0.2, 0.25) is 0 Å². The van der Waals surface area contributed by atoms with E-state index in [-0.39, 0.29) is 6.54 Å². The van der Waals surface area contributed by atoms with E-state index in [4.69, 9.17) is 18.9 Å². The third-order valence-corrected chi connectivity index (χ3v) is 5.74. The molecule has 3 heterocycles. The standard InChI is InChI=1S/C17H30FNO11/c1-5-9(22)10(23)12(25)16(27-5)30-15-8(4-21)28-17(13(26)11(15)24)29-14-6(18)2-19-7(14)3-20/h5-17,19-26H,2-4H2,1H3/t5-,6+,7+,8-,9-,10+,11-,12-,13-,14+,15-,16+,17-/m1/s1. The highest BCUT2D eigenvalue weighted by Crippen LogP contribution is 2.31. The lowest BCUT2D eigenvalue weighted by molar-refractivity contribution is -0.361. The Bertz CT molecular complexity index is 560. The van der Waals surface area contributed by atoms with Gasteiger partial charge in [0.25, 0.3) is 0 Å². The van der Waals surface area contributed by atoms with Gasteiger partial charge in [-0.3, -0.25) is 0 Å². The highest BCUT2D eigenvalue weighted by atomic mass is 19.1. The first kappa shape index (κ1) is 24.1. The molecule has 3 fully saturated rings. The van der Waals surface area contributed by atoms with Gasteiger partial charge in [-0.2, -0.15) is 0 Å². The van der Waals surface area contributed by atoms with Crippen LogP contribution in [0.5, 0.6) is 0 Å². The molecule has 176 valence electrons. The topological polar surface area (TPSA) is 191 Å². The van der Waals surface area contributed by atoms with E-state index in [1.54, 1.807) is 0 Å². The van der Waals surface area contributed by atoms with Crippen molar-refractivity contribution in [2.45, 2.75) is 86.7 Å². The fourth-order valence-corrected chi connectivity index (χ4v) is 3.87. The highest BCUT2D eigenvalue weighted by molar-refractivity contribution is 4.96. The first-order valence-electron chi connectivity index (χ1n) is 9.80. The van der Waals surface area contributed by atoms with Crippen LogP contribution in [0.25, 0.3) is 0 Å². The van der Waals surface area contributed by atoms with E-state index >= 15 is 0 Å². The summed E-state index contributed by atoms with van der Waals surface area (Å²) in [5, 5.41) is 72.4. The van der Waals surface area contributed by atoms with Crippen molar-refractivity contribution in [1.82, 2.24) is 5.32 Å². The number of aliphatic hydroxyl groups excluding tert-OH is 7. The number of hydrogen-bond acceptors (Lipinski definition) is 12. The second-order valence-electron chi connectivity index (χ2n) is 7.80. The van der Waals surface area contributed by atoms with Gasteiger partial charge in [0.2, 0.25) is 0 Å². The summed E-state index contributed by atoms with van der Waals surface area (Å²) in [7, 11) is 0. The Morgan fingerprint density at radius 2 is 1.43 bits per heavy atom. The molecule has 0 bridgehead atoms. The second kappa shape index (κ2) is 9.94. The van der Waals surface area contributed by atoms with Crippen LogP contribution in [-0.4, -0.2) is 135 Å². The molecule has 12 nitrogen and oxygen atoms in total. The molecule has 13 heteroatoms. The summed E-state index contributed by atoms with van der Waals surface area (Å²) in [6.45, 7) is 0.255. The number of hydrogen-bond donors (Lipinski definition) is 8. The van der Waals surface area contributed by atoms with E-state index in [0.29, 0.717) is 0 Å². The molecule has 0 aromatic heterocycles. The predicted octanol–water partition coefficient (Wildman–Crippen LogP) is -4.67. The third kappa shape index (κ3) is 4.62. The first-order chi connectivity index (χ1) is 14.2. The van der Waals surface area contributed by atoms with Crippen molar-refractivity contribution in [3.05, 3.63) is 0 Å². The average Bonchev–Trinajstić information content (AvgIpc) is 3.09. The van der Waals surface area contributed by atoms with Gasteiger partial charge in [0.1, 0.15) is 55.0 Å². The predicted molar refractivity (Wildman–Crippen MR) is 93.6 cm³/mol. The lowest BCUT2D eigenvalue weighted by Gasteiger charge is -2.46. The number of alkyl halides is 1. The van der Waals surface area contributed by atoms with Gasteiger partial charge in [-0.05, 0) is 6.92 Å². The Morgan fingerprint density at radius 3 is 2.07 bits per heavy atom. The zero-order valence-corrected chi connectivity index (χ0v) is 16.3. The number of rotatable bonds is 6. The van der Waals surface area contributed by atoms with Gasteiger partial charge in [-0.15, -0.1) is 0 Å². The summed E-state index contributed by atoms with van der Waals surface area (Å²) < 4.78 is 35.7. The van der Waals surface area contributed by atoms with Gasteiger partial charge in [0.05, 0.1) is 25.4 Å². The van der Waals surface area contributed by atoms with Gasteiger partial charge < -0.3 is 60.0 Å². The van der Waals surface area contributed by atoms with E-state index in [9.17, 15) is 40.1 Å². The van der Waals surface area contributed by atoms with Crippen LogP contribution >= 0.6 is 0 Å².